The van der Waals surface area contributed by atoms with Crippen molar-refractivity contribution in [2.24, 2.45) is 0 Å². The molecule has 1 rings (SSSR count). The van der Waals surface area contributed by atoms with Crippen molar-refractivity contribution in [1.29, 1.82) is 0 Å². The molecule has 1 N–H and O–H groups in total. The van der Waals surface area contributed by atoms with Gasteiger partial charge >= 0.3 is 0 Å². The van der Waals surface area contributed by atoms with Crippen LogP contribution >= 0.6 is 0 Å². The van der Waals surface area contributed by atoms with Crippen LogP contribution in [0.2, 0.25) is 0 Å². The number of nitrogens with zero attached hydrogens (tertiary/aromatic N) is 2. The molecule has 1 fully saturated rings. The van der Waals surface area contributed by atoms with Gasteiger partial charge in [-0.25, -0.2) is 0 Å². The lowest BCUT2D eigenvalue weighted by atomic mass is 10.2. The van der Waals surface area contributed by atoms with Crippen LogP contribution in [0.1, 0.15) is 0 Å². The summed E-state index contributed by atoms with van der Waals surface area (Å²) in [6, 6.07) is 0.133. The molecule has 1 heterocycles. The lowest BCUT2D eigenvalue weighted by molar-refractivity contribution is -0.110. The fourth-order valence-corrected chi connectivity index (χ4v) is 1.56. The Labute approximate surface area is 72.8 Å². The second kappa shape index (κ2) is 4.54. The Bertz CT molecular complexity index is 152. The Kier molecular flexibility index (Phi) is 3.65. The molecule has 0 aromatic heterocycles. The number of piperazine rings is 1. The predicted molar refractivity (Wildman–Crippen MR) is 46.0 cm³/mol. The molecule has 1 saturated heterocycles. The predicted octanol–water partition coefficient (Wildman–Crippen LogP) is -1.21. The zero-order valence-electron chi connectivity index (χ0n) is 7.44. The van der Waals surface area contributed by atoms with Crippen LogP contribution in [0.4, 0.5) is 0 Å². The fraction of sp³-hybridized carbons (Fsp3) is 0.875. The summed E-state index contributed by atoms with van der Waals surface area (Å²) in [5.41, 5.74) is 0. The van der Waals surface area contributed by atoms with E-state index in [-0.39, 0.29) is 12.6 Å². The van der Waals surface area contributed by atoms with Gasteiger partial charge in [0.1, 0.15) is 6.29 Å². The highest BCUT2D eigenvalue weighted by atomic mass is 16.3. The first-order valence-electron chi connectivity index (χ1n) is 4.25. The Morgan fingerprint density at radius 1 is 1.58 bits per heavy atom. The normalized spacial score (nSPS) is 27.3. The number of hydrogen-bond acceptors (Lipinski definition) is 4. The van der Waals surface area contributed by atoms with E-state index in [2.05, 4.69) is 4.90 Å². The minimum absolute atomic E-state index is 0.133. The van der Waals surface area contributed by atoms with Crippen molar-refractivity contribution >= 4 is 6.29 Å². The molecule has 1 unspecified atom stereocenters. The van der Waals surface area contributed by atoms with Crippen LogP contribution < -0.4 is 0 Å². The molecule has 4 heteroatoms. The van der Waals surface area contributed by atoms with Gasteiger partial charge in [0, 0.05) is 25.7 Å². The molecule has 0 radical (unpaired) electrons. The van der Waals surface area contributed by atoms with Gasteiger partial charge in [-0.3, -0.25) is 4.90 Å². The number of rotatable bonds is 3. The van der Waals surface area contributed by atoms with Crippen molar-refractivity contribution in [2.45, 2.75) is 6.04 Å². The molecule has 1 atom stereocenters. The molecule has 4 nitrogen and oxygen atoms in total. The standard InChI is InChI=1S/C8H16N2O2/c1-9-2-3-10(4-5-11)8(6-9)7-12/h5,8,12H,2-4,6-7H2,1H3. The number of carbonyl (C=O) groups is 1. The molecule has 0 amide bonds. The Morgan fingerprint density at radius 2 is 2.33 bits per heavy atom. The third-order valence-corrected chi connectivity index (χ3v) is 2.33. The van der Waals surface area contributed by atoms with E-state index in [9.17, 15) is 4.79 Å². The zero-order chi connectivity index (χ0) is 8.97. The molecule has 1 aliphatic heterocycles. The third kappa shape index (κ3) is 2.27. The van der Waals surface area contributed by atoms with Gasteiger partial charge < -0.3 is 14.8 Å². The smallest absolute Gasteiger partial charge is 0.133 e. The number of aliphatic hydroxyl groups is 1. The summed E-state index contributed by atoms with van der Waals surface area (Å²) in [5.74, 6) is 0. The van der Waals surface area contributed by atoms with E-state index in [1.807, 2.05) is 11.9 Å². The van der Waals surface area contributed by atoms with Crippen LogP contribution in [-0.4, -0.2) is 67.1 Å². The highest BCUT2D eigenvalue weighted by Gasteiger charge is 2.23. The summed E-state index contributed by atoms with van der Waals surface area (Å²) in [5, 5.41) is 9.02. The molecule has 0 aromatic rings. The topological polar surface area (TPSA) is 43.8 Å². The minimum atomic E-state index is 0.133. The Balaban J connectivity index is 2.44. The van der Waals surface area contributed by atoms with Gasteiger partial charge in [0.05, 0.1) is 13.2 Å². The minimum Gasteiger partial charge on any atom is -0.395 e. The molecule has 0 aliphatic carbocycles. The average molecular weight is 172 g/mol. The molecular formula is C8H16N2O2. The fourth-order valence-electron chi connectivity index (χ4n) is 1.56. The molecule has 0 aromatic carbocycles. The van der Waals surface area contributed by atoms with Crippen molar-refractivity contribution in [3.8, 4) is 0 Å². The molecule has 0 bridgehead atoms. The molecule has 1 aliphatic rings. The van der Waals surface area contributed by atoms with Crippen LogP contribution in [0.3, 0.4) is 0 Å². The van der Waals surface area contributed by atoms with Crippen molar-refractivity contribution in [1.82, 2.24) is 9.80 Å². The summed E-state index contributed by atoms with van der Waals surface area (Å²) in [4.78, 5) is 14.5. The lowest BCUT2D eigenvalue weighted by Crippen LogP contribution is -2.53. The largest absolute Gasteiger partial charge is 0.395 e. The maximum absolute atomic E-state index is 10.3. The van der Waals surface area contributed by atoms with Gasteiger partial charge in [0.25, 0.3) is 0 Å². The third-order valence-electron chi connectivity index (χ3n) is 2.33. The van der Waals surface area contributed by atoms with Gasteiger partial charge in [-0.1, -0.05) is 0 Å². The molecule has 12 heavy (non-hydrogen) atoms. The first-order valence-corrected chi connectivity index (χ1v) is 4.25. The van der Waals surface area contributed by atoms with Gasteiger partial charge in [-0.05, 0) is 7.05 Å². The maximum atomic E-state index is 10.3. The van der Waals surface area contributed by atoms with Crippen LogP contribution in [0.25, 0.3) is 0 Å². The Hall–Kier alpha value is -0.450. The molecular weight excluding hydrogens is 156 g/mol. The SMILES string of the molecule is CN1CCN(CC=O)C(CO)C1. The summed E-state index contributed by atoms with van der Waals surface area (Å²) in [6.07, 6.45) is 0.897. The summed E-state index contributed by atoms with van der Waals surface area (Å²) in [6.45, 7) is 3.28. The van der Waals surface area contributed by atoms with E-state index in [1.54, 1.807) is 0 Å². The molecule has 70 valence electrons. The van der Waals surface area contributed by atoms with Gasteiger partial charge in [0.2, 0.25) is 0 Å². The van der Waals surface area contributed by atoms with Crippen LogP contribution in [-0.2, 0) is 4.79 Å². The van der Waals surface area contributed by atoms with Crippen molar-refractivity contribution < 1.29 is 9.90 Å². The van der Waals surface area contributed by atoms with Gasteiger partial charge in [-0.15, -0.1) is 0 Å². The number of hydrogen-bond donors (Lipinski definition) is 1. The zero-order valence-corrected chi connectivity index (χ0v) is 7.44. The summed E-state index contributed by atoms with van der Waals surface area (Å²) < 4.78 is 0. The summed E-state index contributed by atoms with van der Waals surface area (Å²) in [7, 11) is 2.03. The van der Waals surface area contributed by atoms with Crippen LogP contribution in [0.5, 0.6) is 0 Å². The van der Waals surface area contributed by atoms with E-state index >= 15 is 0 Å². The van der Waals surface area contributed by atoms with Crippen molar-refractivity contribution in [3.05, 3.63) is 0 Å². The lowest BCUT2D eigenvalue weighted by Gasteiger charge is -2.37. The van der Waals surface area contributed by atoms with E-state index in [1.165, 1.54) is 0 Å². The number of aliphatic hydroxyl groups excluding tert-OH is 1. The average Bonchev–Trinajstić information content (AvgIpc) is 2.08. The number of aldehydes is 1. The maximum Gasteiger partial charge on any atom is 0.133 e. The van der Waals surface area contributed by atoms with Gasteiger partial charge in [0.15, 0.2) is 0 Å². The summed E-state index contributed by atoms with van der Waals surface area (Å²) >= 11 is 0. The first kappa shape index (κ1) is 9.64. The van der Waals surface area contributed by atoms with Crippen molar-refractivity contribution in [3.63, 3.8) is 0 Å². The molecule has 0 spiro atoms. The Morgan fingerprint density at radius 3 is 2.92 bits per heavy atom. The quantitative estimate of drug-likeness (QED) is 0.543. The first-order chi connectivity index (χ1) is 5.77. The monoisotopic (exact) mass is 172 g/mol. The van der Waals surface area contributed by atoms with E-state index in [0.717, 1.165) is 25.9 Å². The molecule has 0 saturated carbocycles. The van der Waals surface area contributed by atoms with E-state index < -0.39 is 0 Å². The van der Waals surface area contributed by atoms with E-state index in [0.29, 0.717) is 6.54 Å². The highest BCUT2D eigenvalue weighted by Crippen LogP contribution is 2.06. The second-order valence-corrected chi connectivity index (χ2v) is 3.26. The van der Waals surface area contributed by atoms with Crippen molar-refractivity contribution in [2.75, 3.05) is 39.8 Å². The van der Waals surface area contributed by atoms with Gasteiger partial charge in [-0.2, -0.15) is 0 Å². The number of carbonyl (C=O) groups excluding carboxylic acids is 1. The van der Waals surface area contributed by atoms with Crippen LogP contribution in [0, 0.1) is 0 Å². The second-order valence-electron chi connectivity index (χ2n) is 3.26. The van der Waals surface area contributed by atoms with Crippen LogP contribution in [0.15, 0.2) is 0 Å². The van der Waals surface area contributed by atoms with E-state index in [4.69, 9.17) is 5.11 Å². The number of likely N-dealkylation sites (N-methyl/N-ethyl adjacent to an activating group) is 1. The highest BCUT2D eigenvalue weighted by molar-refractivity contribution is 5.52.